The van der Waals surface area contributed by atoms with Crippen molar-refractivity contribution in [3.63, 3.8) is 0 Å². The number of nitrogens with zero attached hydrogens (tertiary/aromatic N) is 4. The van der Waals surface area contributed by atoms with E-state index in [0.717, 1.165) is 11.4 Å². The van der Waals surface area contributed by atoms with Gasteiger partial charge in [-0.2, -0.15) is 0 Å². The van der Waals surface area contributed by atoms with Gasteiger partial charge in [-0.05, 0) is 48.9 Å². The van der Waals surface area contributed by atoms with Gasteiger partial charge < -0.3 is 5.32 Å². The van der Waals surface area contributed by atoms with Crippen LogP contribution in [0.1, 0.15) is 44.2 Å². The molecule has 1 aromatic carbocycles. The number of benzene rings is 1. The molecule has 0 aliphatic rings. The fourth-order valence-electron chi connectivity index (χ4n) is 2.10. The molecular formula is C14H21N5O2S. The number of hydrogen-bond acceptors (Lipinski definition) is 6. The summed E-state index contributed by atoms with van der Waals surface area (Å²) in [6.07, 6.45) is 1.20. The molecule has 1 heterocycles. The molecule has 22 heavy (non-hydrogen) atoms. The number of rotatable bonds is 6. The zero-order valence-corrected chi connectivity index (χ0v) is 14.0. The highest BCUT2D eigenvalue weighted by Gasteiger charge is 2.12. The average Bonchev–Trinajstić information content (AvgIpc) is 2.92. The van der Waals surface area contributed by atoms with Crippen molar-refractivity contribution >= 4 is 9.84 Å². The fraction of sp³-hybridized carbons (Fsp3) is 0.500. The molecule has 0 aliphatic heterocycles. The lowest BCUT2D eigenvalue weighted by Gasteiger charge is -2.15. The molecule has 1 N–H and O–H groups in total. The van der Waals surface area contributed by atoms with E-state index in [9.17, 15) is 8.42 Å². The molecule has 0 saturated carbocycles. The first kappa shape index (κ1) is 16.6. The zero-order chi connectivity index (χ0) is 16.3. The molecule has 0 fully saturated rings. The van der Waals surface area contributed by atoms with Crippen LogP contribution in [0.15, 0.2) is 29.2 Å². The summed E-state index contributed by atoms with van der Waals surface area (Å²) in [6.45, 7) is 6.60. The van der Waals surface area contributed by atoms with Crippen molar-refractivity contribution in [3.05, 3.63) is 35.7 Å². The van der Waals surface area contributed by atoms with Crippen molar-refractivity contribution in [3.8, 4) is 0 Å². The largest absolute Gasteiger partial charge is 0.303 e. The molecule has 0 unspecified atom stereocenters. The molecule has 0 saturated heterocycles. The van der Waals surface area contributed by atoms with E-state index in [1.54, 1.807) is 16.8 Å². The minimum atomic E-state index is -3.16. The second-order valence-corrected chi connectivity index (χ2v) is 7.59. The summed E-state index contributed by atoms with van der Waals surface area (Å²) in [6, 6.07) is 7.16. The van der Waals surface area contributed by atoms with Crippen molar-refractivity contribution in [2.45, 2.75) is 44.3 Å². The molecule has 2 aromatic rings. The number of tetrazole rings is 1. The normalized spacial score (nSPS) is 13.5. The van der Waals surface area contributed by atoms with Crippen molar-refractivity contribution < 1.29 is 8.42 Å². The number of sulfone groups is 1. The van der Waals surface area contributed by atoms with Gasteiger partial charge >= 0.3 is 0 Å². The summed E-state index contributed by atoms with van der Waals surface area (Å²) in [5.41, 5.74) is 1.01. The van der Waals surface area contributed by atoms with Crippen LogP contribution in [0.25, 0.3) is 0 Å². The van der Waals surface area contributed by atoms with E-state index < -0.39 is 9.84 Å². The third-order valence-electron chi connectivity index (χ3n) is 3.42. The number of nitrogens with one attached hydrogen (secondary N) is 1. The summed E-state index contributed by atoms with van der Waals surface area (Å²) in [5, 5.41) is 15.0. The Balaban J connectivity index is 2.03. The lowest BCUT2D eigenvalue weighted by Crippen LogP contribution is -2.21. The molecule has 1 atom stereocenters. The highest BCUT2D eigenvalue weighted by Crippen LogP contribution is 2.16. The molecule has 0 spiro atoms. The molecule has 120 valence electrons. The first-order valence-corrected chi connectivity index (χ1v) is 8.98. The van der Waals surface area contributed by atoms with Crippen LogP contribution in [0.2, 0.25) is 0 Å². The molecule has 7 nitrogen and oxygen atoms in total. The Labute approximate surface area is 130 Å². The maximum atomic E-state index is 11.5. The van der Waals surface area contributed by atoms with E-state index in [2.05, 4.69) is 20.8 Å². The van der Waals surface area contributed by atoms with Crippen molar-refractivity contribution in [2.24, 2.45) is 0 Å². The van der Waals surface area contributed by atoms with E-state index in [-0.39, 0.29) is 12.1 Å². The minimum absolute atomic E-state index is 0.0610. The van der Waals surface area contributed by atoms with Gasteiger partial charge in [0, 0.05) is 12.3 Å². The lowest BCUT2D eigenvalue weighted by atomic mass is 10.1. The fourth-order valence-corrected chi connectivity index (χ4v) is 2.73. The summed E-state index contributed by atoms with van der Waals surface area (Å²) in [5.74, 6) is 0.773. The maximum absolute atomic E-state index is 11.5. The van der Waals surface area contributed by atoms with Crippen molar-refractivity contribution in [2.75, 3.05) is 6.26 Å². The van der Waals surface area contributed by atoms with Crippen LogP contribution in [0.4, 0.5) is 0 Å². The predicted molar refractivity (Wildman–Crippen MR) is 83.0 cm³/mol. The van der Waals surface area contributed by atoms with E-state index >= 15 is 0 Å². The Bertz CT molecular complexity index is 722. The predicted octanol–water partition coefficient (Wildman–Crippen LogP) is 1.51. The molecular weight excluding hydrogens is 302 g/mol. The topological polar surface area (TPSA) is 89.8 Å². The van der Waals surface area contributed by atoms with Gasteiger partial charge in [0.05, 0.1) is 17.5 Å². The lowest BCUT2D eigenvalue weighted by molar-refractivity contribution is 0.468. The van der Waals surface area contributed by atoms with E-state index in [1.165, 1.54) is 6.26 Å². The van der Waals surface area contributed by atoms with E-state index in [1.807, 2.05) is 32.9 Å². The molecule has 1 aromatic heterocycles. The van der Waals surface area contributed by atoms with Crippen LogP contribution in [0, 0.1) is 0 Å². The van der Waals surface area contributed by atoms with Crippen LogP contribution >= 0.6 is 0 Å². The molecule has 0 amide bonds. The van der Waals surface area contributed by atoms with E-state index in [0.29, 0.717) is 11.4 Å². The molecule has 2 rings (SSSR count). The van der Waals surface area contributed by atoms with Crippen LogP contribution in [-0.2, 0) is 16.4 Å². The number of hydrogen-bond donors (Lipinski definition) is 1. The molecule has 8 heteroatoms. The average molecular weight is 323 g/mol. The first-order chi connectivity index (χ1) is 10.3. The molecule has 0 bridgehead atoms. The summed E-state index contributed by atoms with van der Waals surface area (Å²) < 4.78 is 24.7. The van der Waals surface area contributed by atoms with Crippen LogP contribution in [-0.4, -0.2) is 34.9 Å². The Morgan fingerprint density at radius 1 is 1.18 bits per heavy atom. The number of aromatic nitrogens is 4. The summed E-state index contributed by atoms with van der Waals surface area (Å²) in [7, 11) is -3.16. The molecule has 0 aliphatic carbocycles. The third-order valence-corrected chi connectivity index (χ3v) is 4.55. The van der Waals surface area contributed by atoms with Gasteiger partial charge in [0.1, 0.15) is 0 Å². The highest BCUT2D eigenvalue weighted by molar-refractivity contribution is 7.90. The Morgan fingerprint density at radius 3 is 2.36 bits per heavy atom. The monoisotopic (exact) mass is 323 g/mol. The standard InChI is InChI=1S/C14H21N5O2S/c1-10(2)19-14(16-17-18-19)9-15-11(3)12-5-7-13(8-6-12)22(4,20)21/h5-8,10-11,15H,9H2,1-4H3/t11-/m1/s1. The second-order valence-electron chi connectivity index (χ2n) is 5.58. The van der Waals surface area contributed by atoms with Crippen molar-refractivity contribution in [1.29, 1.82) is 0 Å². The van der Waals surface area contributed by atoms with Gasteiger partial charge in [-0.25, -0.2) is 13.1 Å². The maximum Gasteiger partial charge on any atom is 0.175 e. The van der Waals surface area contributed by atoms with E-state index in [4.69, 9.17) is 0 Å². The smallest absolute Gasteiger partial charge is 0.175 e. The van der Waals surface area contributed by atoms with Crippen LogP contribution < -0.4 is 5.32 Å². The Morgan fingerprint density at radius 2 is 1.82 bits per heavy atom. The van der Waals surface area contributed by atoms with Gasteiger partial charge in [0.25, 0.3) is 0 Å². The first-order valence-electron chi connectivity index (χ1n) is 7.09. The third kappa shape index (κ3) is 3.89. The highest BCUT2D eigenvalue weighted by atomic mass is 32.2. The zero-order valence-electron chi connectivity index (χ0n) is 13.2. The SMILES string of the molecule is CC(C)n1nnnc1CN[C@H](C)c1ccc(S(C)(=O)=O)cc1. The quantitative estimate of drug-likeness (QED) is 0.866. The summed E-state index contributed by atoms with van der Waals surface area (Å²) in [4.78, 5) is 0.326. The summed E-state index contributed by atoms with van der Waals surface area (Å²) >= 11 is 0. The Hall–Kier alpha value is -1.80. The minimum Gasteiger partial charge on any atom is -0.303 e. The second kappa shape index (κ2) is 6.53. The van der Waals surface area contributed by atoms with Gasteiger partial charge in [0.2, 0.25) is 0 Å². The van der Waals surface area contributed by atoms with Gasteiger partial charge in [-0.3, -0.25) is 0 Å². The van der Waals surface area contributed by atoms with Gasteiger partial charge in [-0.1, -0.05) is 12.1 Å². The van der Waals surface area contributed by atoms with Gasteiger partial charge in [-0.15, -0.1) is 5.10 Å². The van der Waals surface area contributed by atoms with Crippen molar-refractivity contribution in [1.82, 2.24) is 25.5 Å². The Kier molecular flexibility index (Phi) is 4.92. The molecule has 0 radical (unpaired) electrons. The van der Waals surface area contributed by atoms with Crippen LogP contribution in [0.5, 0.6) is 0 Å². The van der Waals surface area contributed by atoms with Gasteiger partial charge in [0.15, 0.2) is 15.7 Å². The van der Waals surface area contributed by atoms with Crippen LogP contribution in [0.3, 0.4) is 0 Å².